The summed E-state index contributed by atoms with van der Waals surface area (Å²) < 4.78 is 10.6. The molecule has 0 saturated carbocycles. The third-order valence-corrected chi connectivity index (χ3v) is 5.50. The van der Waals surface area contributed by atoms with Gasteiger partial charge in [-0.1, -0.05) is 45.6 Å². The van der Waals surface area contributed by atoms with Crippen LogP contribution in [-0.2, 0) is 19.1 Å². The average Bonchev–Trinajstić information content (AvgIpc) is 2.65. The van der Waals surface area contributed by atoms with Crippen molar-refractivity contribution in [3.8, 4) is 0 Å². The Balaban J connectivity index is 2.42. The zero-order valence-electron chi connectivity index (χ0n) is 20.6. The van der Waals surface area contributed by atoms with E-state index in [2.05, 4.69) is 51.6 Å². The molecule has 7 nitrogen and oxygen atoms in total. The van der Waals surface area contributed by atoms with Crippen molar-refractivity contribution in [2.24, 2.45) is 0 Å². The maximum Gasteiger partial charge on any atom is 0.407 e. The molecule has 0 unspecified atom stereocenters. The number of alkyl carbamates (subject to hydrolysis) is 1. The van der Waals surface area contributed by atoms with Crippen LogP contribution in [0.25, 0.3) is 0 Å². The van der Waals surface area contributed by atoms with E-state index in [0.717, 1.165) is 6.42 Å². The first-order chi connectivity index (χ1) is 14.5. The normalized spacial score (nSPS) is 18.4. The van der Waals surface area contributed by atoms with E-state index >= 15 is 0 Å². The van der Waals surface area contributed by atoms with Crippen LogP contribution in [0.1, 0.15) is 92.9 Å². The zero-order chi connectivity index (χ0) is 23.5. The lowest BCUT2D eigenvalue weighted by atomic mass is 9.80. The fourth-order valence-corrected chi connectivity index (χ4v) is 4.26. The number of amides is 1. The summed E-state index contributed by atoms with van der Waals surface area (Å²) in [6.07, 6.45) is 8.05. The average molecular weight is 441 g/mol. The van der Waals surface area contributed by atoms with Crippen molar-refractivity contribution < 1.29 is 23.9 Å². The molecule has 1 aliphatic rings. The highest BCUT2D eigenvalue weighted by atomic mass is 16.7. The molecule has 0 aromatic rings. The van der Waals surface area contributed by atoms with Gasteiger partial charge < -0.3 is 14.8 Å². The number of hydroxylamine groups is 2. The number of carbonyl (C=O) groups is 2. The smallest absolute Gasteiger partial charge is 0.407 e. The van der Waals surface area contributed by atoms with Crippen LogP contribution in [0.2, 0.25) is 0 Å². The van der Waals surface area contributed by atoms with Gasteiger partial charge in [0.15, 0.2) is 0 Å². The Morgan fingerprint density at radius 2 is 1.58 bits per heavy atom. The summed E-state index contributed by atoms with van der Waals surface area (Å²) in [5.41, 5.74) is -0.185. The summed E-state index contributed by atoms with van der Waals surface area (Å²) in [5.74, 6) is -0.466. The van der Waals surface area contributed by atoms with E-state index in [0.29, 0.717) is 25.0 Å². The van der Waals surface area contributed by atoms with E-state index < -0.39 is 12.1 Å². The van der Waals surface area contributed by atoms with Crippen molar-refractivity contribution in [1.29, 1.82) is 0 Å². The van der Waals surface area contributed by atoms with Gasteiger partial charge in [-0.15, -0.1) is 0 Å². The van der Waals surface area contributed by atoms with Crippen LogP contribution >= 0.6 is 0 Å². The minimum absolute atomic E-state index is 0.0858. The molecular weight excluding hydrogens is 396 g/mol. The Bertz CT molecular complexity index is 571. The van der Waals surface area contributed by atoms with Crippen LogP contribution in [0, 0.1) is 0 Å². The van der Waals surface area contributed by atoms with Gasteiger partial charge in [0.25, 0.3) is 0 Å². The fraction of sp³-hybridized carbons (Fsp3) is 0.833. The SMILES string of the molecule is C=C(C)C(=O)OCCNC(=O)OC1CC(C)(C)N(OCCCCCCCC)C(C)(C)C1. The molecule has 0 aliphatic carbocycles. The van der Waals surface area contributed by atoms with Crippen LogP contribution in [0.15, 0.2) is 12.2 Å². The van der Waals surface area contributed by atoms with E-state index in [1.54, 1.807) is 6.92 Å². The van der Waals surface area contributed by atoms with E-state index in [1.165, 1.54) is 32.1 Å². The number of nitrogens with zero attached hydrogens (tertiary/aromatic N) is 1. The molecule has 31 heavy (non-hydrogen) atoms. The molecule has 7 heteroatoms. The highest BCUT2D eigenvalue weighted by Gasteiger charge is 2.47. The monoisotopic (exact) mass is 440 g/mol. The molecule has 0 atom stereocenters. The summed E-state index contributed by atoms with van der Waals surface area (Å²) >= 11 is 0. The van der Waals surface area contributed by atoms with Crippen LogP contribution in [-0.4, -0.2) is 54.1 Å². The number of carbonyl (C=O) groups excluding carboxylic acids is 2. The van der Waals surface area contributed by atoms with Gasteiger partial charge in [0, 0.05) is 29.5 Å². The first-order valence-electron chi connectivity index (χ1n) is 11.7. The summed E-state index contributed by atoms with van der Waals surface area (Å²) in [6, 6.07) is 0. The molecule has 0 aromatic carbocycles. The van der Waals surface area contributed by atoms with Gasteiger partial charge in [-0.3, -0.25) is 4.84 Å². The molecule has 1 N–H and O–H groups in total. The van der Waals surface area contributed by atoms with Gasteiger partial charge in [0.05, 0.1) is 13.2 Å². The molecule has 0 spiro atoms. The van der Waals surface area contributed by atoms with Crippen molar-refractivity contribution in [3.05, 3.63) is 12.2 Å². The van der Waals surface area contributed by atoms with Crippen molar-refractivity contribution in [2.75, 3.05) is 19.8 Å². The van der Waals surface area contributed by atoms with Crippen LogP contribution in [0.3, 0.4) is 0 Å². The third-order valence-electron chi connectivity index (χ3n) is 5.50. The van der Waals surface area contributed by atoms with Crippen LogP contribution in [0.4, 0.5) is 4.79 Å². The number of hydrogen-bond donors (Lipinski definition) is 1. The zero-order valence-corrected chi connectivity index (χ0v) is 20.6. The maximum atomic E-state index is 12.2. The molecule has 1 amide bonds. The lowest BCUT2D eigenvalue weighted by molar-refractivity contribution is -0.292. The van der Waals surface area contributed by atoms with Gasteiger partial charge in [-0.25, -0.2) is 9.59 Å². The molecule has 1 rings (SSSR count). The third kappa shape index (κ3) is 10.0. The van der Waals surface area contributed by atoms with Crippen molar-refractivity contribution in [3.63, 3.8) is 0 Å². The summed E-state index contributed by atoms with van der Waals surface area (Å²) in [7, 11) is 0. The van der Waals surface area contributed by atoms with Crippen LogP contribution < -0.4 is 5.32 Å². The predicted molar refractivity (Wildman–Crippen MR) is 123 cm³/mol. The Morgan fingerprint density at radius 1 is 1.00 bits per heavy atom. The molecule has 1 aliphatic heterocycles. The minimum atomic E-state index is -0.496. The Hall–Kier alpha value is -1.60. The number of ether oxygens (including phenoxy) is 2. The lowest BCUT2D eigenvalue weighted by Crippen LogP contribution is -2.62. The van der Waals surface area contributed by atoms with Gasteiger partial charge in [-0.05, 0) is 41.0 Å². The van der Waals surface area contributed by atoms with Gasteiger partial charge in [0.2, 0.25) is 0 Å². The summed E-state index contributed by atoms with van der Waals surface area (Å²) in [5, 5.41) is 4.74. The minimum Gasteiger partial charge on any atom is -0.460 e. The molecular formula is C24H44N2O5. The molecule has 1 heterocycles. The van der Waals surface area contributed by atoms with Crippen molar-refractivity contribution in [1.82, 2.24) is 10.4 Å². The largest absolute Gasteiger partial charge is 0.460 e. The lowest BCUT2D eigenvalue weighted by Gasteiger charge is -2.53. The first-order valence-corrected chi connectivity index (χ1v) is 11.7. The number of hydrogen-bond acceptors (Lipinski definition) is 6. The topological polar surface area (TPSA) is 77.1 Å². The van der Waals surface area contributed by atoms with Gasteiger partial charge in [0.1, 0.15) is 12.7 Å². The Kier molecular flexibility index (Phi) is 11.6. The number of piperidine rings is 1. The quantitative estimate of drug-likeness (QED) is 0.243. The van der Waals surface area contributed by atoms with E-state index in [1.807, 2.05) is 0 Å². The number of esters is 1. The summed E-state index contributed by atoms with van der Waals surface area (Å²) in [4.78, 5) is 29.7. The first kappa shape index (κ1) is 27.4. The molecule has 0 bridgehead atoms. The van der Waals surface area contributed by atoms with E-state index in [9.17, 15) is 9.59 Å². The maximum absolute atomic E-state index is 12.2. The second-order valence-electron chi connectivity index (χ2n) is 9.80. The molecule has 180 valence electrons. The van der Waals surface area contributed by atoms with Crippen LogP contribution in [0.5, 0.6) is 0 Å². The molecule has 0 radical (unpaired) electrons. The van der Waals surface area contributed by atoms with E-state index in [4.69, 9.17) is 14.3 Å². The summed E-state index contributed by atoms with van der Waals surface area (Å²) in [6.45, 7) is 16.8. The predicted octanol–water partition coefficient (Wildman–Crippen LogP) is 5.15. The van der Waals surface area contributed by atoms with E-state index in [-0.39, 0.29) is 30.3 Å². The number of rotatable bonds is 13. The molecule has 1 fully saturated rings. The Morgan fingerprint density at radius 3 is 2.16 bits per heavy atom. The van der Waals surface area contributed by atoms with Crippen molar-refractivity contribution >= 4 is 12.1 Å². The standard InChI is InChI=1S/C24H44N2O5/c1-8-9-10-11-12-13-15-30-26-23(4,5)17-20(18-24(26,6)7)31-22(28)25-14-16-29-21(27)19(2)3/h20H,2,8-18H2,1,3-7H3,(H,25,28). The molecule has 1 saturated heterocycles. The molecule has 0 aromatic heterocycles. The highest BCUT2D eigenvalue weighted by molar-refractivity contribution is 5.86. The highest BCUT2D eigenvalue weighted by Crippen LogP contribution is 2.39. The second-order valence-corrected chi connectivity index (χ2v) is 9.80. The number of unbranched alkanes of at least 4 members (excludes halogenated alkanes) is 5. The fourth-order valence-electron chi connectivity index (χ4n) is 4.26. The second kappa shape index (κ2) is 13.1. The number of nitrogens with one attached hydrogen (secondary N) is 1. The van der Waals surface area contributed by atoms with Gasteiger partial charge in [-0.2, -0.15) is 5.06 Å². The Labute approximate surface area is 188 Å². The van der Waals surface area contributed by atoms with Gasteiger partial charge >= 0.3 is 12.1 Å². The van der Waals surface area contributed by atoms with Crippen molar-refractivity contribution in [2.45, 2.75) is 110 Å².